The van der Waals surface area contributed by atoms with Crippen molar-refractivity contribution in [2.24, 2.45) is 0 Å². The Labute approximate surface area is 118 Å². The summed E-state index contributed by atoms with van der Waals surface area (Å²) in [5, 5.41) is 9.26. The molecule has 2 aliphatic heterocycles. The van der Waals surface area contributed by atoms with Gasteiger partial charge in [-0.15, -0.1) is 0 Å². The summed E-state index contributed by atoms with van der Waals surface area (Å²) in [6.07, 6.45) is 2.73. The molecule has 1 aromatic heterocycles. The molecule has 5 heteroatoms. The van der Waals surface area contributed by atoms with Crippen LogP contribution in [-0.4, -0.2) is 41.4 Å². The highest BCUT2D eigenvalue weighted by Crippen LogP contribution is 2.30. The highest BCUT2D eigenvalue weighted by atomic mass is 16.5. The molecule has 3 heterocycles. The third-order valence-corrected chi connectivity index (χ3v) is 4.04. The zero-order valence-electron chi connectivity index (χ0n) is 11.9. The number of ether oxygens (including phenoxy) is 1. The molecule has 0 amide bonds. The molecule has 5 nitrogen and oxygen atoms in total. The molecule has 2 bridgehead atoms. The van der Waals surface area contributed by atoms with E-state index in [0.29, 0.717) is 5.56 Å². The number of rotatable bonds is 3. The van der Waals surface area contributed by atoms with Gasteiger partial charge in [0, 0.05) is 18.8 Å². The van der Waals surface area contributed by atoms with Crippen LogP contribution in [-0.2, 0) is 4.74 Å². The van der Waals surface area contributed by atoms with Crippen LogP contribution in [0.5, 0.6) is 0 Å². The maximum Gasteiger partial charge on any atom is 0.335 e. The van der Waals surface area contributed by atoms with Gasteiger partial charge in [-0.25, -0.2) is 9.78 Å². The zero-order valence-corrected chi connectivity index (χ0v) is 11.9. The minimum absolute atomic E-state index is 0.214. The van der Waals surface area contributed by atoms with Crippen molar-refractivity contribution < 1.29 is 14.6 Å². The summed E-state index contributed by atoms with van der Waals surface area (Å²) < 4.78 is 5.82. The first kappa shape index (κ1) is 13.4. The number of carboxylic acid groups (broad SMARTS) is 1. The Morgan fingerprint density at radius 3 is 2.55 bits per heavy atom. The average Bonchev–Trinajstić information content (AvgIpc) is 2.76. The molecular formula is C15H20N2O3. The Bertz CT molecular complexity index is 518. The minimum atomic E-state index is -0.896. The third-order valence-electron chi connectivity index (χ3n) is 4.04. The van der Waals surface area contributed by atoms with E-state index in [1.54, 1.807) is 12.1 Å². The standard InChI is InChI=1S/C15H20N2O3/c1-9(2)13-5-10(15(18)19)6-14(16-13)17-7-11-3-4-12(8-17)20-11/h5-6,9,11-12H,3-4,7-8H2,1-2H3,(H,18,19). The van der Waals surface area contributed by atoms with Crippen molar-refractivity contribution in [2.45, 2.75) is 44.8 Å². The average molecular weight is 276 g/mol. The highest BCUT2D eigenvalue weighted by molar-refractivity contribution is 5.88. The number of hydrogen-bond acceptors (Lipinski definition) is 4. The fourth-order valence-electron chi connectivity index (χ4n) is 2.92. The van der Waals surface area contributed by atoms with Gasteiger partial charge in [-0.2, -0.15) is 0 Å². The Balaban J connectivity index is 1.93. The number of morpholine rings is 1. The van der Waals surface area contributed by atoms with Gasteiger partial charge in [0.1, 0.15) is 5.82 Å². The molecule has 0 aromatic carbocycles. The van der Waals surface area contributed by atoms with E-state index in [-0.39, 0.29) is 18.1 Å². The van der Waals surface area contributed by atoms with Gasteiger partial charge < -0.3 is 14.7 Å². The highest BCUT2D eigenvalue weighted by Gasteiger charge is 2.34. The fraction of sp³-hybridized carbons (Fsp3) is 0.600. The molecule has 20 heavy (non-hydrogen) atoms. The number of carbonyl (C=O) groups is 1. The van der Waals surface area contributed by atoms with Crippen molar-refractivity contribution in [2.75, 3.05) is 18.0 Å². The molecule has 1 N–H and O–H groups in total. The van der Waals surface area contributed by atoms with E-state index in [0.717, 1.165) is 37.4 Å². The normalized spacial score (nSPS) is 25.2. The first-order chi connectivity index (χ1) is 9.52. The Morgan fingerprint density at radius 1 is 1.35 bits per heavy atom. The Morgan fingerprint density at radius 2 is 2.00 bits per heavy atom. The second-order valence-corrected chi connectivity index (χ2v) is 5.96. The number of fused-ring (bicyclic) bond motifs is 2. The summed E-state index contributed by atoms with van der Waals surface area (Å²) in [5.41, 5.74) is 1.15. The van der Waals surface area contributed by atoms with Crippen LogP contribution in [0, 0.1) is 0 Å². The molecule has 2 atom stereocenters. The predicted molar refractivity (Wildman–Crippen MR) is 75.4 cm³/mol. The van der Waals surface area contributed by atoms with Gasteiger partial charge in [0.25, 0.3) is 0 Å². The molecule has 0 spiro atoms. The van der Waals surface area contributed by atoms with Gasteiger partial charge in [-0.05, 0) is 30.9 Å². The molecule has 1 aromatic rings. The lowest BCUT2D eigenvalue weighted by Gasteiger charge is -2.33. The number of aromatic carboxylic acids is 1. The molecule has 2 unspecified atom stereocenters. The van der Waals surface area contributed by atoms with Crippen LogP contribution in [0.4, 0.5) is 5.82 Å². The molecule has 108 valence electrons. The van der Waals surface area contributed by atoms with Crippen molar-refractivity contribution in [3.63, 3.8) is 0 Å². The number of carboxylic acids is 1. The smallest absolute Gasteiger partial charge is 0.335 e. The van der Waals surface area contributed by atoms with E-state index >= 15 is 0 Å². The number of pyridine rings is 1. The van der Waals surface area contributed by atoms with Crippen LogP contribution in [0.2, 0.25) is 0 Å². The molecule has 0 aliphatic carbocycles. The molecule has 0 saturated carbocycles. The maximum atomic E-state index is 11.3. The van der Waals surface area contributed by atoms with Crippen LogP contribution < -0.4 is 4.90 Å². The maximum absolute atomic E-state index is 11.3. The summed E-state index contributed by atoms with van der Waals surface area (Å²) in [5.74, 6) is 0.0893. The molecular weight excluding hydrogens is 256 g/mol. The van der Waals surface area contributed by atoms with Gasteiger partial charge in [-0.1, -0.05) is 13.8 Å². The lowest BCUT2D eigenvalue weighted by molar-refractivity contribution is 0.0302. The van der Waals surface area contributed by atoms with Gasteiger partial charge in [0.15, 0.2) is 0 Å². The van der Waals surface area contributed by atoms with Gasteiger partial charge >= 0.3 is 5.97 Å². The molecule has 3 rings (SSSR count). The van der Waals surface area contributed by atoms with Gasteiger partial charge in [-0.3, -0.25) is 0 Å². The van der Waals surface area contributed by atoms with E-state index in [1.807, 2.05) is 13.8 Å². The quantitative estimate of drug-likeness (QED) is 0.917. The van der Waals surface area contributed by atoms with Crippen LogP contribution >= 0.6 is 0 Å². The molecule has 2 fully saturated rings. The van der Waals surface area contributed by atoms with E-state index in [2.05, 4.69) is 9.88 Å². The van der Waals surface area contributed by atoms with Crippen LogP contribution in [0.25, 0.3) is 0 Å². The topological polar surface area (TPSA) is 62.7 Å². The van der Waals surface area contributed by atoms with Crippen molar-refractivity contribution in [3.05, 3.63) is 23.4 Å². The zero-order chi connectivity index (χ0) is 14.3. The molecule has 2 saturated heterocycles. The summed E-state index contributed by atoms with van der Waals surface area (Å²) in [7, 11) is 0. The van der Waals surface area contributed by atoms with Crippen molar-refractivity contribution in [1.29, 1.82) is 0 Å². The largest absolute Gasteiger partial charge is 0.478 e. The van der Waals surface area contributed by atoms with Gasteiger partial charge in [0.2, 0.25) is 0 Å². The van der Waals surface area contributed by atoms with Crippen molar-refractivity contribution >= 4 is 11.8 Å². The summed E-state index contributed by atoms with van der Waals surface area (Å²) in [6, 6.07) is 3.35. The number of anilines is 1. The van der Waals surface area contributed by atoms with E-state index in [4.69, 9.17) is 4.74 Å². The van der Waals surface area contributed by atoms with Crippen LogP contribution in [0.15, 0.2) is 12.1 Å². The monoisotopic (exact) mass is 276 g/mol. The summed E-state index contributed by atoms with van der Waals surface area (Å²) in [6.45, 7) is 5.68. The summed E-state index contributed by atoms with van der Waals surface area (Å²) in [4.78, 5) is 18.1. The lowest BCUT2D eigenvalue weighted by atomic mass is 10.1. The van der Waals surface area contributed by atoms with E-state index in [9.17, 15) is 9.90 Å². The molecule has 0 radical (unpaired) electrons. The third kappa shape index (κ3) is 2.50. The summed E-state index contributed by atoms with van der Waals surface area (Å²) >= 11 is 0. The minimum Gasteiger partial charge on any atom is -0.478 e. The molecule has 2 aliphatic rings. The second kappa shape index (κ2) is 5.05. The van der Waals surface area contributed by atoms with Crippen molar-refractivity contribution in [1.82, 2.24) is 4.98 Å². The lowest BCUT2D eigenvalue weighted by Crippen LogP contribution is -2.43. The van der Waals surface area contributed by atoms with Gasteiger partial charge in [0.05, 0.1) is 17.8 Å². The second-order valence-electron chi connectivity index (χ2n) is 5.96. The van der Waals surface area contributed by atoms with E-state index in [1.165, 1.54) is 0 Å². The first-order valence-corrected chi connectivity index (χ1v) is 7.18. The predicted octanol–water partition coefficient (Wildman–Crippen LogP) is 2.27. The number of nitrogens with zero attached hydrogens (tertiary/aromatic N) is 2. The van der Waals surface area contributed by atoms with Crippen molar-refractivity contribution in [3.8, 4) is 0 Å². The van der Waals surface area contributed by atoms with Crippen LogP contribution in [0.1, 0.15) is 48.7 Å². The van der Waals surface area contributed by atoms with Crippen LogP contribution in [0.3, 0.4) is 0 Å². The number of aromatic nitrogens is 1. The SMILES string of the molecule is CC(C)c1cc(C(=O)O)cc(N2CC3CCC(C2)O3)n1. The Hall–Kier alpha value is -1.62. The Kier molecular flexibility index (Phi) is 3.38. The van der Waals surface area contributed by atoms with E-state index < -0.39 is 5.97 Å². The fourth-order valence-corrected chi connectivity index (χ4v) is 2.92. The number of hydrogen-bond donors (Lipinski definition) is 1. The first-order valence-electron chi connectivity index (χ1n) is 7.18.